The maximum atomic E-state index is 15.2. The van der Waals surface area contributed by atoms with E-state index in [0.717, 1.165) is 19.0 Å². The van der Waals surface area contributed by atoms with Gasteiger partial charge in [0.15, 0.2) is 17.2 Å². The number of aromatic nitrogens is 2. The number of carbonyl (C=O) groups excluding carboxylic acids is 1. The Morgan fingerprint density at radius 3 is 2.74 bits per heavy atom. The van der Waals surface area contributed by atoms with Gasteiger partial charge in [-0.3, -0.25) is 9.78 Å². The van der Waals surface area contributed by atoms with Crippen LogP contribution < -0.4 is 4.74 Å². The molecular formula is C29H27FN4O5. The minimum atomic E-state index is -0.588. The third-order valence-corrected chi connectivity index (χ3v) is 6.67. The number of furan rings is 1. The molecule has 4 heterocycles. The number of likely N-dealkylation sites (N-methyl/N-ethyl adjacent to an activating group) is 1. The van der Waals surface area contributed by atoms with E-state index in [0.29, 0.717) is 52.6 Å². The highest BCUT2D eigenvalue weighted by atomic mass is 19.1. The van der Waals surface area contributed by atoms with Gasteiger partial charge in [-0.1, -0.05) is 6.07 Å². The molecule has 0 saturated carbocycles. The molecule has 0 spiro atoms. The highest BCUT2D eigenvalue weighted by Gasteiger charge is 2.22. The zero-order chi connectivity index (χ0) is 27.5. The van der Waals surface area contributed by atoms with E-state index in [2.05, 4.69) is 14.8 Å². The highest BCUT2D eigenvalue weighted by molar-refractivity contribution is 5.95. The highest BCUT2D eigenvalue weighted by Crippen LogP contribution is 2.40. The Bertz CT molecular complexity index is 1570. The Morgan fingerprint density at radius 2 is 2.03 bits per heavy atom. The molecule has 39 heavy (non-hydrogen) atoms. The normalized spacial score (nSPS) is 13.8. The Labute approximate surface area is 224 Å². The Balaban J connectivity index is 1.50. The molecule has 3 aromatic heterocycles. The van der Waals surface area contributed by atoms with Crippen LogP contribution in [-0.2, 0) is 4.74 Å². The second-order valence-corrected chi connectivity index (χ2v) is 9.37. The number of aliphatic hydroxyl groups is 1. The summed E-state index contributed by atoms with van der Waals surface area (Å²) in [6.07, 6.45) is 4.03. The first-order valence-electron chi connectivity index (χ1n) is 12.6. The zero-order valence-corrected chi connectivity index (χ0v) is 21.6. The molecule has 0 unspecified atom stereocenters. The first-order valence-corrected chi connectivity index (χ1v) is 12.6. The van der Waals surface area contributed by atoms with Crippen LogP contribution >= 0.6 is 0 Å². The average Bonchev–Trinajstić information content (AvgIpc) is 3.37. The molecule has 0 radical (unpaired) electrons. The van der Waals surface area contributed by atoms with Crippen LogP contribution in [0.1, 0.15) is 28.8 Å². The van der Waals surface area contributed by atoms with Crippen LogP contribution in [0.15, 0.2) is 47.1 Å². The predicted molar refractivity (Wildman–Crippen MR) is 142 cm³/mol. The lowest BCUT2D eigenvalue weighted by molar-refractivity contribution is 0.0259. The van der Waals surface area contributed by atoms with Crippen molar-refractivity contribution in [3.8, 4) is 28.3 Å². The molecule has 1 N–H and O–H groups in total. The molecule has 9 nitrogen and oxygen atoms in total. The van der Waals surface area contributed by atoms with Crippen LogP contribution in [0, 0.1) is 19.3 Å². The van der Waals surface area contributed by atoms with Gasteiger partial charge in [-0.2, -0.15) is 0 Å². The minimum Gasteiger partial charge on any atom is -0.501 e. The van der Waals surface area contributed by atoms with Crippen LogP contribution in [-0.4, -0.2) is 65.4 Å². The summed E-state index contributed by atoms with van der Waals surface area (Å²) in [5, 5.41) is 9.10. The van der Waals surface area contributed by atoms with Crippen molar-refractivity contribution in [2.75, 3.05) is 33.4 Å². The fourth-order valence-corrected chi connectivity index (χ4v) is 4.60. The summed E-state index contributed by atoms with van der Waals surface area (Å²) < 4.78 is 32.7. The van der Waals surface area contributed by atoms with Crippen molar-refractivity contribution in [3.63, 3.8) is 0 Å². The van der Waals surface area contributed by atoms with E-state index in [1.165, 1.54) is 11.1 Å². The smallest absolute Gasteiger partial charge is 0.255 e. The van der Waals surface area contributed by atoms with Gasteiger partial charge in [0, 0.05) is 38.7 Å². The van der Waals surface area contributed by atoms with Crippen molar-refractivity contribution in [2.45, 2.75) is 25.9 Å². The van der Waals surface area contributed by atoms with Gasteiger partial charge in [-0.25, -0.2) is 14.2 Å². The predicted octanol–water partition coefficient (Wildman–Crippen LogP) is 5.18. The van der Waals surface area contributed by atoms with E-state index < -0.39 is 5.82 Å². The number of hydrogen-bond donors (Lipinski definition) is 1. The summed E-state index contributed by atoms with van der Waals surface area (Å²) in [7, 11) is 1.60. The Morgan fingerprint density at radius 1 is 1.23 bits per heavy atom. The van der Waals surface area contributed by atoms with Gasteiger partial charge in [0.05, 0.1) is 43.7 Å². The maximum Gasteiger partial charge on any atom is 0.255 e. The average molecular weight is 531 g/mol. The van der Waals surface area contributed by atoms with Gasteiger partial charge in [0.2, 0.25) is 5.69 Å². The number of nitrogens with zero attached hydrogens (tertiary/aromatic N) is 4. The number of amides is 1. The number of aryl methyl sites for hydroxylation is 1. The molecule has 0 aliphatic carbocycles. The molecule has 1 aliphatic heterocycles. The summed E-state index contributed by atoms with van der Waals surface area (Å²) in [5.41, 5.74) is 3.13. The number of benzene rings is 1. The standard InChI is InChI=1S/C29H27FN4O5/c1-17-12-19(29(36)34(3)8-9-35)15-33-27(17)25-14-23-28(39-25)26(21(30)16-32-23)18-4-5-24(22(13-18)31-2)38-20-6-10-37-11-7-20/h4-5,12-16,20,35H,6-11H2,1,3H3. The minimum absolute atomic E-state index is 0.0328. The van der Waals surface area contributed by atoms with Crippen LogP contribution in [0.2, 0.25) is 0 Å². The van der Waals surface area contributed by atoms with E-state index in [4.69, 9.17) is 25.6 Å². The molecular weight excluding hydrogens is 503 g/mol. The number of ether oxygens (including phenoxy) is 2. The maximum absolute atomic E-state index is 15.2. The second kappa shape index (κ2) is 11.2. The lowest BCUT2D eigenvalue weighted by atomic mass is 10.0. The van der Waals surface area contributed by atoms with Gasteiger partial charge in [-0.15, -0.1) is 0 Å². The van der Waals surface area contributed by atoms with Crippen molar-refractivity contribution in [1.29, 1.82) is 0 Å². The van der Waals surface area contributed by atoms with E-state index in [-0.39, 0.29) is 42.0 Å². The molecule has 1 amide bonds. The topological polar surface area (TPSA) is 102 Å². The lowest BCUT2D eigenvalue weighted by Gasteiger charge is -2.24. The molecule has 1 saturated heterocycles. The van der Waals surface area contributed by atoms with Gasteiger partial charge in [-0.05, 0) is 36.2 Å². The van der Waals surface area contributed by atoms with Gasteiger partial charge >= 0.3 is 0 Å². The van der Waals surface area contributed by atoms with E-state index in [1.54, 1.807) is 44.3 Å². The van der Waals surface area contributed by atoms with Crippen LogP contribution in [0.4, 0.5) is 10.1 Å². The third-order valence-electron chi connectivity index (χ3n) is 6.67. The van der Waals surface area contributed by atoms with E-state index in [1.807, 2.05) is 0 Å². The molecule has 200 valence electrons. The van der Waals surface area contributed by atoms with E-state index >= 15 is 4.39 Å². The quantitative estimate of drug-likeness (QED) is 0.329. The summed E-state index contributed by atoms with van der Waals surface area (Å²) in [6, 6.07) is 8.35. The Kier molecular flexibility index (Phi) is 7.54. The number of rotatable bonds is 7. The van der Waals surface area contributed by atoms with Crippen LogP contribution in [0.25, 0.3) is 38.5 Å². The fraction of sp³-hybridized carbons (Fsp3) is 0.310. The van der Waals surface area contributed by atoms with Gasteiger partial charge in [0.25, 0.3) is 5.91 Å². The molecule has 0 atom stereocenters. The summed E-state index contributed by atoms with van der Waals surface area (Å²) in [4.78, 5) is 26.2. The number of fused-ring (bicyclic) bond motifs is 1. The number of carbonyl (C=O) groups is 1. The SMILES string of the molecule is [C-]#[N+]c1cc(-c2c(F)cnc3cc(-c4ncc(C(=O)N(C)CCO)cc4C)oc23)ccc1OC1CCOCC1. The number of aliphatic hydroxyl groups excluding tert-OH is 1. The van der Waals surface area contributed by atoms with Gasteiger partial charge in [0.1, 0.15) is 23.1 Å². The number of hydrogen-bond acceptors (Lipinski definition) is 7. The molecule has 0 bridgehead atoms. The largest absolute Gasteiger partial charge is 0.501 e. The number of halogens is 1. The first-order chi connectivity index (χ1) is 18.9. The van der Waals surface area contributed by atoms with Crippen molar-refractivity contribution in [1.82, 2.24) is 14.9 Å². The summed E-state index contributed by atoms with van der Waals surface area (Å²) in [5.74, 6) is -0.0308. The van der Waals surface area contributed by atoms with Crippen molar-refractivity contribution in [2.24, 2.45) is 0 Å². The molecule has 10 heteroatoms. The Hall–Kier alpha value is -4.33. The van der Waals surface area contributed by atoms with Crippen LogP contribution in [0.5, 0.6) is 5.75 Å². The van der Waals surface area contributed by atoms with E-state index in [9.17, 15) is 4.79 Å². The van der Waals surface area contributed by atoms with Crippen molar-refractivity contribution < 1.29 is 28.2 Å². The lowest BCUT2D eigenvalue weighted by Crippen LogP contribution is -2.29. The van der Waals surface area contributed by atoms with Crippen molar-refractivity contribution in [3.05, 3.63) is 71.1 Å². The second-order valence-electron chi connectivity index (χ2n) is 9.37. The monoisotopic (exact) mass is 530 g/mol. The first kappa shape index (κ1) is 26.3. The van der Waals surface area contributed by atoms with Crippen LogP contribution in [0.3, 0.4) is 0 Å². The third kappa shape index (κ3) is 5.32. The molecule has 1 fully saturated rings. The molecule has 1 aromatic carbocycles. The zero-order valence-electron chi connectivity index (χ0n) is 21.6. The molecule has 1 aliphatic rings. The molecule has 5 rings (SSSR count). The van der Waals surface area contributed by atoms with Gasteiger partial charge < -0.3 is 23.9 Å². The number of pyridine rings is 2. The summed E-state index contributed by atoms with van der Waals surface area (Å²) in [6.45, 7) is 10.8. The molecule has 4 aromatic rings. The van der Waals surface area contributed by atoms with Crippen molar-refractivity contribution >= 4 is 22.7 Å². The fourth-order valence-electron chi connectivity index (χ4n) is 4.60. The summed E-state index contributed by atoms with van der Waals surface area (Å²) >= 11 is 0.